The first-order valence-corrected chi connectivity index (χ1v) is 9.47. The first-order valence-electron chi connectivity index (χ1n) is 8.68. The molecule has 0 atom stereocenters. The fourth-order valence-corrected chi connectivity index (χ4v) is 3.44. The van der Waals surface area contributed by atoms with Gasteiger partial charge in [-0.05, 0) is 56.2 Å². The van der Waals surface area contributed by atoms with Gasteiger partial charge in [0.25, 0.3) is 11.8 Å². The van der Waals surface area contributed by atoms with E-state index in [1.54, 1.807) is 32.0 Å². The summed E-state index contributed by atoms with van der Waals surface area (Å²) in [7, 11) is 0. The quantitative estimate of drug-likeness (QED) is 0.708. The number of hydrogen-bond acceptors (Lipinski definition) is 3. The summed E-state index contributed by atoms with van der Waals surface area (Å²) < 4.78 is 0.997. The van der Waals surface area contributed by atoms with Crippen molar-refractivity contribution in [1.82, 2.24) is 10.2 Å². The van der Waals surface area contributed by atoms with Crippen LogP contribution in [0.1, 0.15) is 40.1 Å². The number of benzene rings is 2. The summed E-state index contributed by atoms with van der Waals surface area (Å²) in [6.45, 7) is 4.06. The Balaban J connectivity index is 1.60. The highest BCUT2D eigenvalue weighted by Gasteiger charge is 2.37. The summed E-state index contributed by atoms with van der Waals surface area (Å²) in [5.41, 5.74) is 2.27. The maximum Gasteiger partial charge on any atom is 0.319 e. The molecule has 4 amide bonds. The number of imide groups is 1. The molecule has 1 heterocycles. The highest BCUT2D eigenvalue weighted by molar-refractivity contribution is 9.10. The van der Waals surface area contributed by atoms with Crippen LogP contribution in [0.3, 0.4) is 0 Å². The SMILES string of the molecule is CC(C)N1C(=O)c2ccc(NC(=O)NCCc3cccc(Br)c3)cc2C1=O. The van der Waals surface area contributed by atoms with Crippen molar-refractivity contribution in [1.29, 1.82) is 0 Å². The minimum Gasteiger partial charge on any atom is -0.338 e. The zero-order chi connectivity index (χ0) is 19.6. The number of hydrogen-bond donors (Lipinski definition) is 2. The number of carbonyl (C=O) groups excluding carboxylic acids is 3. The van der Waals surface area contributed by atoms with Crippen LogP contribution in [0.4, 0.5) is 10.5 Å². The molecule has 2 aromatic rings. The Kier molecular flexibility index (Phi) is 5.60. The number of amides is 4. The summed E-state index contributed by atoms with van der Waals surface area (Å²) in [6.07, 6.45) is 0.702. The number of urea groups is 1. The van der Waals surface area contributed by atoms with Crippen LogP contribution in [0, 0.1) is 0 Å². The third-order valence-corrected chi connectivity index (χ3v) is 4.77. The van der Waals surface area contributed by atoms with Crippen LogP contribution in [-0.2, 0) is 6.42 Å². The van der Waals surface area contributed by atoms with E-state index in [1.807, 2.05) is 24.3 Å². The Hall–Kier alpha value is -2.67. The van der Waals surface area contributed by atoms with Crippen molar-refractivity contribution >= 4 is 39.5 Å². The second-order valence-corrected chi connectivity index (χ2v) is 7.51. The molecule has 7 heteroatoms. The van der Waals surface area contributed by atoms with Crippen molar-refractivity contribution in [3.63, 3.8) is 0 Å². The van der Waals surface area contributed by atoms with Gasteiger partial charge in [0.1, 0.15) is 0 Å². The van der Waals surface area contributed by atoms with Crippen molar-refractivity contribution in [2.75, 3.05) is 11.9 Å². The molecule has 0 bridgehead atoms. The number of rotatable bonds is 5. The number of halogens is 1. The number of carbonyl (C=O) groups is 3. The minimum absolute atomic E-state index is 0.213. The Morgan fingerprint density at radius 1 is 1.07 bits per heavy atom. The average Bonchev–Trinajstić information content (AvgIpc) is 2.85. The third-order valence-electron chi connectivity index (χ3n) is 4.28. The van der Waals surface area contributed by atoms with Crippen molar-refractivity contribution in [3.05, 3.63) is 63.6 Å². The smallest absolute Gasteiger partial charge is 0.319 e. The molecular weight excluding hydrogens is 410 g/mol. The van der Waals surface area contributed by atoms with E-state index in [0.717, 1.165) is 10.0 Å². The highest BCUT2D eigenvalue weighted by atomic mass is 79.9. The van der Waals surface area contributed by atoms with Crippen molar-refractivity contribution < 1.29 is 14.4 Å². The zero-order valence-electron chi connectivity index (χ0n) is 15.1. The van der Waals surface area contributed by atoms with Crippen molar-refractivity contribution in [2.24, 2.45) is 0 Å². The Morgan fingerprint density at radius 2 is 1.81 bits per heavy atom. The molecule has 27 heavy (non-hydrogen) atoms. The summed E-state index contributed by atoms with van der Waals surface area (Å²) in [4.78, 5) is 38.0. The number of nitrogens with zero attached hydrogens (tertiary/aromatic N) is 1. The second kappa shape index (κ2) is 7.92. The molecule has 1 aliphatic rings. The van der Waals surface area contributed by atoms with E-state index in [0.29, 0.717) is 29.8 Å². The van der Waals surface area contributed by atoms with E-state index < -0.39 is 0 Å². The Labute approximate surface area is 166 Å². The van der Waals surface area contributed by atoms with Crippen LogP contribution in [0.15, 0.2) is 46.9 Å². The van der Waals surface area contributed by atoms with Gasteiger partial charge in [0, 0.05) is 22.7 Å². The van der Waals surface area contributed by atoms with Gasteiger partial charge in [0.2, 0.25) is 0 Å². The fraction of sp³-hybridized carbons (Fsp3) is 0.250. The van der Waals surface area contributed by atoms with Gasteiger partial charge in [-0.25, -0.2) is 4.79 Å². The summed E-state index contributed by atoms with van der Waals surface area (Å²) in [5.74, 6) is -0.626. The average molecular weight is 430 g/mol. The van der Waals surface area contributed by atoms with Crippen LogP contribution in [0.5, 0.6) is 0 Å². The Morgan fingerprint density at radius 3 is 2.52 bits per heavy atom. The van der Waals surface area contributed by atoms with Gasteiger partial charge < -0.3 is 10.6 Å². The lowest BCUT2D eigenvalue weighted by atomic mass is 10.1. The zero-order valence-corrected chi connectivity index (χ0v) is 16.7. The summed E-state index contributed by atoms with van der Waals surface area (Å²) >= 11 is 3.42. The molecule has 0 unspecified atom stereocenters. The molecule has 140 valence electrons. The molecule has 6 nitrogen and oxygen atoms in total. The number of nitrogens with one attached hydrogen (secondary N) is 2. The lowest BCUT2D eigenvalue weighted by Gasteiger charge is -2.17. The topological polar surface area (TPSA) is 78.5 Å². The Bertz CT molecular complexity index is 911. The molecule has 0 aliphatic carbocycles. The predicted molar refractivity (Wildman–Crippen MR) is 107 cm³/mol. The van der Waals surface area contributed by atoms with E-state index in [-0.39, 0.29) is 23.9 Å². The molecule has 2 N–H and O–H groups in total. The van der Waals surface area contributed by atoms with Gasteiger partial charge >= 0.3 is 6.03 Å². The van der Waals surface area contributed by atoms with Gasteiger partial charge in [-0.2, -0.15) is 0 Å². The summed E-state index contributed by atoms with van der Waals surface area (Å²) in [6, 6.07) is 12.1. The van der Waals surface area contributed by atoms with Crippen molar-refractivity contribution in [3.8, 4) is 0 Å². The first-order chi connectivity index (χ1) is 12.9. The minimum atomic E-state index is -0.359. The highest BCUT2D eigenvalue weighted by Crippen LogP contribution is 2.27. The van der Waals surface area contributed by atoms with Crippen LogP contribution < -0.4 is 10.6 Å². The van der Waals surface area contributed by atoms with E-state index in [1.165, 1.54) is 4.90 Å². The van der Waals surface area contributed by atoms with Gasteiger partial charge in [0.05, 0.1) is 11.1 Å². The van der Waals surface area contributed by atoms with Gasteiger partial charge in [-0.1, -0.05) is 28.1 Å². The molecule has 0 aromatic heterocycles. The van der Waals surface area contributed by atoms with E-state index in [4.69, 9.17) is 0 Å². The molecule has 3 rings (SSSR count). The number of anilines is 1. The molecular formula is C20H20BrN3O3. The van der Waals surface area contributed by atoms with Gasteiger partial charge in [-0.15, -0.1) is 0 Å². The molecule has 2 aromatic carbocycles. The summed E-state index contributed by atoms with van der Waals surface area (Å²) in [5, 5.41) is 5.49. The fourth-order valence-electron chi connectivity index (χ4n) is 2.99. The van der Waals surface area contributed by atoms with Crippen LogP contribution >= 0.6 is 15.9 Å². The van der Waals surface area contributed by atoms with Gasteiger partial charge in [-0.3, -0.25) is 14.5 Å². The standard InChI is InChI=1S/C20H20BrN3O3/c1-12(2)24-18(25)16-7-6-15(11-17(16)19(24)26)23-20(27)22-9-8-13-4-3-5-14(21)10-13/h3-7,10-12H,8-9H2,1-2H3,(H2,22,23,27). The largest absolute Gasteiger partial charge is 0.338 e. The maximum absolute atomic E-state index is 12.4. The van der Waals surface area contributed by atoms with Crippen LogP contribution in [0.25, 0.3) is 0 Å². The molecule has 1 aliphatic heterocycles. The molecule has 0 saturated carbocycles. The molecule has 0 fully saturated rings. The first kappa shape index (κ1) is 19.1. The molecule has 0 saturated heterocycles. The van der Waals surface area contributed by atoms with E-state index in [9.17, 15) is 14.4 Å². The lowest BCUT2D eigenvalue weighted by Crippen LogP contribution is -2.35. The third kappa shape index (κ3) is 4.19. The van der Waals surface area contributed by atoms with Crippen LogP contribution in [-0.4, -0.2) is 35.3 Å². The molecule has 0 radical (unpaired) electrons. The van der Waals surface area contributed by atoms with E-state index >= 15 is 0 Å². The predicted octanol–water partition coefficient (Wildman–Crippen LogP) is 3.82. The van der Waals surface area contributed by atoms with E-state index in [2.05, 4.69) is 26.6 Å². The normalized spacial score (nSPS) is 13.1. The van der Waals surface area contributed by atoms with Crippen molar-refractivity contribution in [2.45, 2.75) is 26.3 Å². The molecule has 0 spiro atoms. The monoisotopic (exact) mass is 429 g/mol. The van der Waals surface area contributed by atoms with Crippen LogP contribution in [0.2, 0.25) is 0 Å². The lowest BCUT2D eigenvalue weighted by molar-refractivity contribution is 0.0609. The van der Waals surface area contributed by atoms with Gasteiger partial charge in [0.15, 0.2) is 0 Å². The second-order valence-electron chi connectivity index (χ2n) is 6.60. The number of fused-ring (bicyclic) bond motifs is 1. The maximum atomic E-state index is 12.4.